The average Bonchev–Trinajstić information content (AvgIpc) is 2.13. The van der Waals surface area contributed by atoms with Gasteiger partial charge in [-0.15, -0.1) is 0 Å². The smallest absolute Gasteiger partial charge is 0.436 e. The van der Waals surface area contributed by atoms with Gasteiger partial charge in [-0.2, -0.15) is 4.99 Å². The third-order valence-corrected chi connectivity index (χ3v) is 1.34. The SMILES string of the molecule is CCCC1OC(=O)N=C1N. The minimum absolute atomic E-state index is 0.266. The molecule has 0 aliphatic carbocycles. The highest BCUT2D eigenvalue weighted by molar-refractivity contribution is 5.98. The Balaban J connectivity index is 2.51. The molecule has 0 spiro atoms. The Morgan fingerprint density at radius 2 is 2.50 bits per heavy atom. The molecule has 56 valence electrons. The maximum absolute atomic E-state index is 10.4. The lowest BCUT2D eigenvalue weighted by Crippen LogP contribution is -2.25. The van der Waals surface area contributed by atoms with Gasteiger partial charge in [0.1, 0.15) is 5.84 Å². The number of ether oxygens (including phenoxy) is 1. The Kier molecular flexibility index (Phi) is 1.89. The van der Waals surface area contributed by atoms with Gasteiger partial charge >= 0.3 is 6.09 Å². The standard InChI is InChI=1S/C6H10N2O2/c1-2-3-4-5(7)8-6(9)10-4/h4H,2-3H2,1H3,(H2,7,8,9). The number of aliphatic imine (C=N–C) groups is 1. The molecule has 0 fully saturated rings. The van der Waals surface area contributed by atoms with Crippen LogP contribution in [0.1, 0.15) is 19.8 Å². The van der Waals surface area contributed by atoms with Crippen LogP contribution in [-0.2, 0) is 4.74 Å². The summed E-state index contributed by atoms with van der Waals surface area (Å²) in [6.45, 7) is 2.00. The molecule has 4 nitrogen and oxygen atoms in total. The van der Waals surface area contributed by atoms with E-state index >= 15 is 0 Å². The van der Waals surface area contributed by atoms with Gasteiger partial charge in [0.2, 0.25) is 0 Å². The summed E-state index contributed by atoms with van der Waals surface area (Å²) in [6.07, 6.45) is 0.878. The van der Waals surface area contributed by atoms with Crippen molar-refractivity contribution in [3.05, 3.63) is 0 Å². The number of cyclic esters (lactones) is 1. The summed E-state index contributed by atoms with van der Waals surface area (Å²) in [5.74, 6) is 0.312. The zero-order valence-corrected chi connectivity index (χ0v) is 5.83. The van der Waals surface area contributed by atoms with Crippen molar-refractivity contribution in [3.8, 4) is 0 Å². The van der Waals surface area contributed by atoms with Crippen molar-refractivity contribution in [1.82, 2.24) is 0 Å². The van der Waals surface area contributed by atoms with Crippen molar-refractivity contribution in [2.24, 2.45) is 10.7 Å². The van der Waals surface area contributed by atoms with Gasteiger partial charge in [-0.1, -0.05) is 13.3 Å². The van der Waals surface area contributed by atoms with E-state index in [1.807, 2.05) is 6.92 Å². The number of rotatable bonds is 2. The first-order valence-electron chi connectivity index (χ1n) is 3.28. The number of nitrogens with zero attached hydrogens (tertiary/aromatic N) is 1. The van der Waals surface area contributed by atoms with Crippen LogP contribution in [0.15, 0.2) is 4.99 Å². The zero-order valence-electron chi connectivity index (χ0n) is 5.83. The van der Waals surface area contributed by atoms with Crippen LogP contribution in [0.4, 0.5) is 4.79 Å². The molecule has 1 heterocycles. The second-order valence-corrected chi connectivity index (χ2v) is 2.20. The Bertz CT molecular complexity index is 177. The van der Waals surface area contributed by atoms with Crippen LogP contribution >= 0.6 is 0 Å². The van der Waals surface area contributed by atoms with Crippen molar-refractivity contribution >= 4 is 11.9 Å². The van der Waals surface area contributed by atoms with E-state index in [0.717, 1.165) is 12.8 Å². The Labute approximate surface area is 59.1 Å². The lowest BCUT2D eigenvalue weighted by molar-refractivity contribution is 0.144. The highest BCUT2D eigenvalue weighted by Gasteiger charge is 2.24. The molecule has 1 aliphatic rings. The summed E-state index contributed by atoms with van der Waals surface area (Å²) in [5.41, 5.74) is 5.36. The minimum atomic E-state index is -0.559. The Morgan fingerprint density at radius 3 is 2.90 bits per heavy atom. The van der Waals surface area contributed by atoms with Crippen molar-refractivity contribution in [1.29, 1.82) is 0 Å². The number of hydrogen-bond acceptors (Lipinski definition) is 3. The monoisotopic (exact) mass is 142 g/mol. The molecule has 1 aliphatic heterocycles. The molecule has 0 bridgehead atoms. The van der Waals surface area contributed by atoms with Crippen molar-refractivity contribution < 1.29 is 9.53 Å². The first kappa shape index (κ1) is 7.05. The quantitative estimate of drug-likeness (QED) is 0.616. The molecule has 1 atom stereocenters. The first-order valence-corrected chi connectivity index (χ1v) is 3.28. The summed E-state index contributed by atoms with van der Waals surface area (Å²) in [4.78, 5) is 13.9. The van der Waals surface area contributed by atoms with Crippen LogP contribution in [0.5, 0.6) is 0 Å². The van der Waals surface area contributed by atoms with Crippen LogP contribution in [0.2, 0.25) is 0 Å². The summed E-state index contributed by atoms with van der Waals surface area (Å²) in [7, 11) is 0. The highest BCUT2D eigenvalue weighted by Crippen LogP contribution is 2.09. The molecule has 0 saturated heterocycles. The number of carbonyl (C=O) groups is 1. The summed E-state index contributed by atoms with van der Waals surface area (Å²) >= 11 is 0. The lowest BCUT2D eigenvalue weighted by Gasteiger charge is -2.05. The van der Waals surface area contributed by atoms with E-state index in [1.165, 1.54) is 0 Å². The van der Waals surface area contributed by atoms with E-state index in [0.29, 0.717) is 5.84 Å². The summed E-state index contributed by atoms with van der Waals surface area (Å²) < 4.78 is 4.75. The predicted octanol–water partition coefficient (Wildman–Crippen LogP) is 0.663. The molecule has 0 aromatic heterocycles. The Morgan fingerprint density at radius 1 is 1.80 bits per heavy atom. The van der Waals surface area contributed by atoms with Crippen LogP contribution in [0, 0.1) is 0 Å². The summed E-state index contributed by atoms with van der Waals surface area (Å²) in [6, 6.07) is 0. The number of nitrogens with two attached hydrogens (primary N) is 1. The molecule has 10 heavy (non-hydrogen) atoms. The van der Waals surface area contributed by atoms with Gasteiger partial charge < -0.3 is 10.5 Å². The fourth-order valence-electron chi connectivity index (χ4n) is 0.855. The van der Waals surface area contributed by atoms with Crippen molar-refractivity contribution in [2.45, 2.75) is 25.9 Å². The molecule has 4 heteroatoms. The molecule has 0 aromatic carbocycles. The topological polar surface area (TPSA) is 64.7 Å². The lowest BCUT2D eigenvalue weighted by atomic mass is 10.2. The van der Waals surface area contributed by atoms with Crippen LogP contribution in [-0.4, -0.2) is 18.0 Å². The number of hydrogen-bond donors (Lipinski definition) is 1. The van der Waals surface area contributed by atoms with E-state index in [2.05, 4.69) is 4.99 Å². The maximum Gasteiger partial charge on any atom is 0.436 e. The van der Waals surface area contributed by atoms with Gasteiger partial charge in [-0.3, -0.25) is 0 Å². The third kappa shape index (κ3) is 1.26. The summed E-state index contributed by atoms with van der Waals surface area (Å²) in [5, 5.41) is 0. The van der Waals surface area contributed by atoms with Crippen molar-refractivity contribution in [2.75, 3.05) is 0 Å². The largest absolute Gasteiger partial charge is 0.436 e. The number of amidine groups is 1. The normalized spacial score (nSPS) is 24.3. The molecule has 1 amide bonds. The van der Waals surface area contributed by atoms with Crippen LogP contribution in [0.25, 0.3) is 0 Å². The van der Waals surface area contributed by atoms with Gasteiger partial charge in [-0.25, -0.2) is 4.79 Å². The van der Waals surface area contributed by atoms with E-state index < -0.39 is 6.09 Å². The van der Waals surface area contributed by atoms with E-state index in [1.54, 1.807) is 0 Å². The van der Waals surface area contributed by atoms with E-state index in [4.69, 9.17) is 10.5 Å². The number of amides is 1. The van der Waals surface area contributed by atoms with E-state index in [9.17, 15) is 4.79 Å². The minimum Gasteiger partial charge on any atom is -0.436 e. The predicted molar refractivity (Wildman–Crippen MR) is 36.8 cm³/mol. The van der Waals surface area contributed by atoms with Gasteiger partial charge in [0.25, 0.3) is 0 Å². The third-order valence-electron chi connectivity index (χ3n) is 1.34. The van der Waals surface area contributed by atoms with Gasteiger partial charge in [0, 0.05) is 0 Å². The Hall–Kier alpha value is -1.06. The molecule has 1 rings (SSSR count). The fourth-order valence-corrected chi connectivity index (χ4v) is 0.855. The van der Waals surface area contributed by atoms with Crippen LogP contribution < -0.4 is 5.73 Å². The number of carbonyl (C=O) groups excluding carboxylic acids is 1. The average molecular weight is 142 g/mol. The van der Waals surface area contributed by atoms with E-state index in [-0.39, 0.29) is 6.10 Å². The van der Waals surface area contributed by atoms with Gasteiger partial charge in [0.15, 0.2) is 6.10 Å². The van der Waals surface area contributed by atoms with Gasteiger partial charge in [-0.05, 0) is 6.42 Å². The van der Waals surface area contributed by atoms with Gasteiger partial charge in [0.05, 0.1) is 0 Å². The molecule has 0 saturated carbocycles. The molecule has 1 unspecified atom stereocenters. The molecule has 0 aromatic rings. The van der Waals surface area contributed by atoms with Crippen LogP contribution in [0.3, 0.4) is 0 Å². The molecule has 0 radical (unpaired) electrons. The van der Waals surface area contributed by atoms with Crippen molar-refractivity contribution in [3.63, 3.8) is 0 Å². The highest BCUT2D eigenvalue weighted by atomic mass is 16.6. The molecular weight excluding hydrogens is 132 g/mol. The fraction of sp³-hybridized carbons (Fsp3) is 0.667. The second kappa shape index (κ2) is 2.68. The first-order chi connectivity index (χ1) is 4.74. The molecule has 2 N–H and O–H groups in total. The molecular formula is C6H10N2O2. The maximum atomic E-state index is 10.4. The zero-order chi connectivity index (χ0) is 7.56. The second-order valence-electron chi connectivity index (χ2n) is 2.20.